The second-order valence-electron chi connectivity index (χ2n) is 13.5. The molecule has 0 radical (unpaired) electrons. The van der Waals surface area contributed by atoms with Crippen molar-refractivity contribution < 1.29 is 13.7 Å². The van der Waals surface area contributed by atoms with Crippen LogP contribution in [0, 0.1) is 0 Å². The van der Waals surface area contributed by atoms with Crippen LogP contribution in [0.1, 0.15) is 26.5 Å². The molecule has 0 bridgehead atoms. The fraction of sp³-hybridized carbons (Fsp3) is 0.0377. The molecule has 0 amide bonds. The van der Waals surface area contributed by atoms with Crippen molar-refractivity contribution in [1.82, 2.24) is 9.55 Å². The average molecular weight is 713 g/mol. The Morgan fingerprint density at radius 2 is 0.873 bits per heavy atom. The van der Waals surface area contributed by atoms with Gasteiger partial charge < -0.3 is 0 Å². The summed E-state index contributed by atoms with van der Waals surface area (Å²) in [5.74, 6) is 1.00. The molecule has 55 heavy (non-hydrogen) atoms. The minimum atomic E-state index is -0.533. The molecule has 1 aromatic heterocycles. The van der Waals surface area contributed by atoms with E-state index in [1.165, 1.54) is 0 Å². The zero-order chi connectivity index (χ0) is 45.4. The molecule has 0 aliphatic heterocycles. The molecule has 260 valence electrons. The number of aryl methyl sites for hydroxylation is 1. The molecule has 10 aromatic rings. The van der Waals surface area contributed by atoms with Gasteiger partial charge in [-0.2, -0.15) is 0 Å². The predicted molar refractivity (Wildman–Crippen MR) is 233 cm³/mol. The lowest BCUT2D eigenvalue weighted by molar-refractivity contribution is 0.908. The molecule has 0 fully saturated rings. The Bertz CT molecular complexity index is 3380. The fourth-order valence-electron chi connectivity index (χ4n) is 7.83. The van der Waals surface area contributed by atoms with Crippen molar-refractivity contribution >= 4 is 32.6 Å². The topological polar surface area (TPSA) is 17.8 Å². The van der Waals surface area contributed by atoms with Gasteiger partial charge in [0.15, 0.2) is 0 Å². The van der Waals surface area contributed by atoms with Gasteiger partial charge in [0.05, 0.1) is 24.7 Å². The van der Waals surface area contributed by atoms with Crippen molar-refractivity contribution in [3.8, 4) is 61.3 Å². The van der Waals surface area contributed by atoms with Crippen molar-refractivity contribution in [2.75, 3.05) is 0 Å². The SMILES string of the molecule is [2H]c1c([2H])c([2H])c(-c2cc(-c3c([2H])c([2H])c([2H])c([2H])c3[2H])cc(-c3c4ccccc4c(-c4ccc(-c5ccc(-n6c(CC)nc7ccccc76)cc5)cc4)c4ccccc34)c2)c([2H])c1[2H]. The van der Waals surface area contributed by atoms with Crippen molar-refractivity contribution in [2.45, 2.75) is 13.3 Å². The van der Waals surface area contributed by atoms with Crippen LogP contribution >= 0.6 is 0 Å². The van der Waals surface area contributed by atoms with E-state index >= 15 is 0 Å². The summed E-state index contributed by atoms with van der Waals surface area (Å²) in [6.07, 6.45) is 0.806. The summed E-state index contributed by atoms with van der Waals surface area (Å²) in [6.45, 7) is 2.11. The summed E-state index contributed by atoms with van der Waals surface area (Å²) in [5.41, 5.74) is 8.93. The van der Waals surface area contributed by atoms with Crippen LogP contribution in [0.2, 0.25) is 0 Å². The van der Waals surface area contributed by atoms with Gasteiger partial charge >= 0.3 is 0 Å². The van der Waals surface area contributed by atoms with E-state index in [0.29, 0.717) is 5.56 Å². The van der Waals surface area contributed by atoms with E-state index < -0.39 is 60.4 Å². The number of hydrogen-bond donors (Lipinski definition) is 0. The monoisotopic (exact) mass is 712 g/mol. The van der Waals surface area contributed by atoms with Crippen LogP contribution in [-0.4, -0.2) is 9.55 Å². The highest BCUT2D eigenvalue weighted by atomic mass is 15.1. The number of fused-ring (bicyclic) bond motifs is 3. The van der Waals surface area contributed by atoms with E-state index in [1.807, 2.05) is 54.6 Å². The van der Waals surface area contributed by atoms with Crippen molar-refractivity contribution in [1.29, 1.82) is 0 Å². The molecule has 0 atom stereocenters. The van der Waals surface area contributed by atoms with Gasteiger partial charge in [-0.25, -0.2) is 4.98 Å². The predicted octanol–water partition coefficient (Wildman–Crippen LogP) is 14.2. The van der Waals surface area contributed by atoms with Crippen LogP contribution in [0.4, 0.5) is 0 Å². The maximum Gasteiger partial charge on any atom is 0.114 e. The van der Waals surface area contributed by atoms with Crippen LogP contribution in [0.25, 0.3) is 93.9 Å². The number of rotatable bonds is 7. The first-order valence-electron chi connectivity index (χ1n) is 23.3. The third kappa shape index (κ3) is 5.80. The Labute approximate surface area is 335 Å². The van der Waals surface area contributed by atoms with E-state index in [1.54, 1.807) is 18.2 Å². The number of nitrogens with zero attached hydrogens (tertiary/aromatic N) is 2. The smallest absolute Gasteiger partial charge is 0.114 e. The molecule has 2 heteroatoms. The number of hydrogen-bond acceptors (Lipinski definition) is 1. The van der Waals surface area contributed by atoms with Gasteiger partial charge in [-0.05, 0) is 120 Å². The summed E-state index contributed by atoms with van der Waals surface area (Å²) < 4.78 is 88.3. The molecular weight excluding hydrogens is 665 g/mol. The Balaban J connectivity index is 1.15. The van der Waals surface area contributed by atoms with Gasteiger partial charge in [-0.3, -0.25) is 4.57 Å². The van der Waals surface area contributed by atoms with E-state index in [0.717, 1.165) is 78.3 Å². The highest BCUT2D eigenvalue weighted by molar-refractivity contribution is 6.21. The number of para-hydroxylation sites is 2. The minimum absolute atomic E-state index is 0.0626. The molecule has 0 N–H and O–H groups in total. The molecule has 0 aliphatic rings. The van der Waals surface area contributed by atoms with Crippen LogP contribution < -0.4 is 0 Å². The highest BCUT2D eigenvalue weighted by Crippen LogP contribution is 2.45. The Morgan fingerprint density at radius 1 is 0.436 bits per heavy atom. The van der Waals surface area contributed by atoms with Gasteiger partial charge in [0, 0.05) is 12.1 Å². The summed E-state index contributed by atoms with van der Waals surface area (Å²) in [7, 11) is 0. The van der Waals surface area contributed by atoms with Crippen LogP contribution in [0.15, 0.2) is 200 Å². The number of benzene rings is 9. The van der Waals surface area contributed by atoms with Crippen LogP contribution in [-0.2, 0) is 6.42 Å². The molecule has 0 saturated heterocycles. The largest absolute Gasteiger partial charge is 0.296 e. The summed E-state index contributed by atoms with van der Waals surface area (Å²) in [5, 5.41) is 3.61. The molecule has 0 saturated carbocycles. The molecule has 9 aromatic carbocycles. The Morgan fingerprint density at radius 3 is 1.40 bits per heavy atom. The second-order valence-corrected chi connectivity index (χ2v) is 13.5. The number of aromatic nitrogens is 2. The fourth-order valence-corrected chi connectivity index (χ4v) is 7.83. The molecule has 2 nitrogen and oxygen atoms in total. The van der Waals surface area contributed by atoms with Crippen molar-refractivity contribution in [3.05, 3.63) is 206 Å². The molecule has 0 unspecified atom stereocenters. The van der Waals surface area contributed by atoms with Gasteiger partial charge in [-0.15, -0.1) is 0 Å². The summed E-state index contributed by atoms with van der Waals surface area (Å²) in [6, 6.07) is 41.6. The first-order chi connectivity index (χ1) is 31.4. The minimum Gasteiger partial charge on any atom is -0.296 e. The van der Waals surface area contributed by atoms with E-state index in [9.17, 15) is 0 Å². The molecule has 0 spiro atoms. The molecular formula is C53H38N2. The third-order valence-corrected chi connectivity index (χ3v) is 10.3. The maximum atomic E-state index is 8.91. The Kier molecular flexibility index (Phi) is 5.90. The molecule has 0 aliphatic carbocycles. The van der Waals surface area contributed by atoms with Crippen LogP contribution in [0.5, 0.6) is 0 Å². The van der Waals surface area contributed by atoms with E-state index in [2.05, 4.69) is 78.2 Å². The molecule has 1 heterocycles. The number of imidazole rings is 1. The highest BCUT2D eigenvalue weighted by Gasteiger charge is 2.18. The second kappa shape index (κ2) is 13.7. The lowest BCUT2D eigenvalue weighted by Gasteiger charge is -2.19. The standard InChI is InChI=1S/C53H38N2/c1-2-51-54-49-23-13-14-24-50(49)55(51)44-31-29-39(30-32-44)38-25-27-40(28-26-38)52-45-19-9-11-21-47(45)53(48-22-12-10-20-46(48)52)43-34-41(36-15-5-3-6-16-36)33-42(35-43)37-17-7-4-8-18-37/h3-35H,2H2,1H3/i3D,4D,5D,6D,7D,8D,15D,16D,17D,18D. The maximum absolute atomic E-state index is 8.91. The zero-order valence-electron chi connectivity index (χ0n) is 39.9. The molecule has 10 rings (SSSR count). The van der Waals surface area contributed by atoms with E-state index in [-0.39, 0.29) is 22.3 Å². The normalized spacial score (nSPS) is 14.0. The van der Waals surface area contributed by atoms with Crippen LogP contribution in [0.3, 0.4) is 0 Å². The first-order valence-corrected chi connectivity index (χ1v) is 18.3. The average Bonchev–Trinajstić information content (AvgIpc) is 3.72. The summed E-state index contributed by atoms with van der Waals surface area (Å²) in [4.78, 5) is 4.85. The third-order valence-electron chi connectivity index (χ3n) is 10.3. The van der Waals surface area contributed by atoms with Gasteiger partial charge in [-0.1, -0.05) is 164 Å². The van der Waals surface area contributed by atoms with Gasteiger partial charge in [0.1, 0.15) is 5.82 Å². The Hall–Kier alpha value is -7.03. The zero-order valence-corrected chi connectivity index (χ0v) is 29.9. The van der Waals surface area contributed by atoms with Crippen molar-refractivity contribution in [3.63, 3.8) is 0 Å². The quantitative estimate of drug-likeness (QED) is 0.150. The van der Waals surface area contributed by atoms with Gasteiger partial charge in [0.25, 0.3) is 0 Å². The van der Waals surface area contributed by atoms with Gasteiger partial charge in [0.2, 0.25) is 0 Å². The van der Waals surface area contributed by atoms with Crippen molar-refractivity contribution in [2.24, 2.45) is 0 Å². The lowest BCUT2D eigenvalue weighted by atomic mass is 9.84. The lowest BCUT2D eigenvalue weighted by Crippen LogP contribution is -1.99. The summed E-state index contributed by atoms with van der Waals surface area (Å²) >= 11 is 0. The first kappa shape index (κ1) is 23.6. The van der Waals surface area contributed by atoms with E-state index in [4.69, 9.17) is 18.7 Å².